The van der Waals surface area contributed by atoms with Gasteiger partial charge < -0.3 is 9.73 Å². The number of amides is 1. The van der Waals surface area contributed by atoms with Crippen molar-refractivity contribution in [1.29, 1.82) is 0 Å². The van der Waals surface area contributed by atoms with Crippen LogP contribution in [0.3, 0.4) is 0 Å². The Hall–Kier alpha value is -3.69. The Labute approximate surface area is 180 Å². The first-order valence-corrected chi connectivity index (χ1v) is 10.0. The molecule has 0 spiro atoms. The Balaban J connectivity index is 1.52. The molecule has 0 bridgehead atoms. The second-order valence-corrected chi connectivity index (χ2v) is 7.82. The fraction of sp³-hybridized carbons (Fsp3) is 0.273. The van der Waals surface area contributed by atoms with Crippen molar-refractivity contribution in [1.82, 2.24) is 24.7 Å². The Kier molecular flexibility index (Phi) is 4.72. The highest BCUT2D eigenvalue weighted by Crippen LogP contribution is 2.40. The van der Waals surface area contributed by atoms with Gasteiger partial charge in [-0.1, -0.05) is 12.1 Å². The maximum Gasteiger partial charge on any atom is 0.408 e. The SMILES string of the molecule is Cc1cc(-c2cccc(-c3ncco3)c2)nc2c(C(=O)NC(C3CC3)C(F)(F)F)ncn12. The summed E-state index contributed by atoms with van der Waals surface area (Å²) in [7, 11) is 0. The smallest absolute Gasteiger partial charge is 0.408 e. The number of aryl methyl sites for hydroxylation is 1. The quantitative estimate of drug-likeness (QED) is 0.495. The molecule has 1 amide bonds. The fourth-order valence-corrected chi connectivity index (χ4v) is 3.71. The number of nitrogens with zero attached hydrogens (tertiary/aromatic N) is 4. The van der Waals surface area contributed by atoms with Crippen LogP contribution in [-0.2, 0) is 0 Å². The van der Waals surface area contributed by atoms with Crippen molar-refractivity contribution >= 4 is 11.6 Å². The van der Waals surface area contributed by atoms with Crippen LogP contribution in [0.25, 0.3) is 28.4 Å². The van der Waals surface area contributed by atoms with E-state index in [1.807, 2.05) is 37.3 Å². The highest BCUT2D eigenvalue weighted by atomic mass is 19.4. The van der Waals surface area contributed by atoms with E-state index in [-0.39, 0.29) is 11.3 Å². The lowest BCUT2D eigenvalue weighted by Crippen LogP contribution is -2.47. The molecular formula is C22H18F3N5O2. The normalized spacial score (nSPS) is 15.1. The predicted molar refractivity (Wildman–Crippen MR) is 109 cm³/mol. The molecule has 4 aromatic rings. The number of rotatable bonds is 5. The minimum absolute atomic E-state index is 0.145. The third-order valence-corrected chi connectivity index (χ3v) is 5.48. The van der Waals surface area contributed by atoms with Crippen molar-refractivity contribution in [3.05, 3.63) is 60.5 Å². The molecule has 32 heavy (non-hydrogen) atoms. The number of hydrogen-bond donors (Lipinski definition) is 1. The van der Waals surface area contributed by atoms with Gasteiger partial charge in [0.05, 0.1) is 11.9 Å². The molecule has 1 fully saturated rings. The number of nitrogens with one attached hydrogen (secondary N) is 1. The number of carbonyl (C=O) groups excluding carboxylic acids is 1. The van der Waals surface area contributed by atoms with Crippen LogP contribution < -0.4 is 5.32 Å². The van der Waals surface area contributed by atoms with Crippen LogP contribution in [0.1, 0.15) is 29.0 Å². The molecular weight excluding hydrogens is 423 g/mol. The van der Waals surface area contributed by atoms with Gasteiger partial charge in [-0.2, -0.15) is 13.2 Å². The molecule has 1 saturated carbocycles. The summed E-state index contributed by atoms with van der Waals surface area (Å²) in [4.78, 5) is 25.5. The maximum atomic E-state index is 13.4. The molecule has 1 atom stereocenters. The first kappa shape index (κ1) is 20.2. The van der Waals surface area contributed by atoms with Crippen molar-refractivity contribution in [2.45, 2.75) is 32.0 Å². The summed E-state index contributed by atoms with van der Waals surface area (Å²) < 4.78 is 47.0. The first-order chi connectivity index (χ1) is 15.3. The molecule has 10 heteroatoms. The zero-order chi connectivity index (χ0) is 22.5. The molecule has 164 valence electrons. The van der Waals surface area contributed by atoms with Gasteiger partial charge in [0.2, 0.25) is 5.89 Å². The zero-order valence-corrected chi connectivity index (χ0v) is 16.9. The summed E-state index contributed by atoms with van der Waals surface area (Å²) >= 11 is 0. The van der Waals surface area contributed by atoms with Gasteiger partial charge in [-0.05, 0) is 43.9 Å². The Morgan fingerprint density at radius 1 is 1.22 bits per heavy atom. The number of imidazole rings is 1. The van der Waals surface area contributed by atoms with Crippen LogP contribution in [0.4, 0.5) is 13.2 Å². The van der Waals surface area contributed by atoms with E-state index in [1.165, 1.54) is 12.6 Å². The van der Waals surface area contributed by atoms with E-state index < -0.39 is 24.0 Å². The standard InChI is InChI=1S/C22H18F3N5O2/c1-12-9-16(14-3-2-4-15(10-14)21-26-7-8-32-21)28-19-17(27-11-30(12)19)20(31)29-18(13-5-6-13)22(23,24)25/h2-4,7-11,13,18H,5-6H2,1H3,(H,29,31). The van der Waals surface area contributed by atoms with Gasteiger partial charge in [0.25, 0.3) is 5.91 Å². The minimum atomic E-state index is -4.51. The molecule has 1 aliphatic rings. The Morgan fingerprint density at radius 3 is 2.69 bits per heavy atom. The van der Waals surface area contributed by atoms with Crippen molar-refractivity contribution in [2.24, 2.45) is 5.92 Å². The second kappa shape index (κ2) is 7.47. The van der Waals surface area contributed by atoms with Gasteiger partial charge >= 0.3 is 6.18 Å². The van der Waals surface area contributed by atoms with E-state index in [1.54, 1.807) is 10.6 Å². The average Bonchev–Trinajstić information content (AvgIpc) is 3.25. The summed E-state index contributed by atoms with van der Waals surface area (Å²) in [5.74, 6) is -1.03. The zero-order valence-electron chi connectivity index (χ0n) is 16.9. The van der Waals surface area contributed by atoms with Crippen molar-refractivity contribution in [2.75, 3.05) is 0 Å². The lowest BCUT2D eigenvalue weighted by Gasteiger charge is -2.20. The van der Waals surface area contributed by atoms with Crippen LogP contribution >= 0.6 is 0 Å². The first-order valence-electron chi connectivity index (χ1n) is 10.0. The number of aromatic nitrogens is 4. The van der Waals surface area contributed by atoms with Crippen LogP contribution in [0.15, 0.2) is 53.5 Å². The van der Waals surface area contributed by atoms with Crippen molar-refractivity contribution in [3.8, 4) is 22.7 Å². The monoisotopic (exact) mass is 441 g/mol. The van der Waals surface area contributed by atoms with E-state index in [9.17, 15) is 18.0 Å². The van der Waals surface area contributed by atoms with Crippen molar-refractivity contribution in [3.63, 3.8) is 0 Å². The van der Waals surface area contributed by atoms with Crippen LogP contribution in [0, 0.1) is 12.8 Å². The summed E-state index contributed by atoms with van der Waals surface area (Å²) in [5.41, 5.74) is 2.81. The highest BCUT2D eigenvalue weighted by Gasteiger charge is 2.50. The van der Waals surface area contributed by atoms with E-state index in [0.717, 1.165) is 16.8 Å². The number of benzene rings is 1. The average molecular weight is 441 g/mol. The minimum Gasteiger partial charge on any atom is -0.445 e. The summed E-state index contributed by atoms with van der Waals surface area (Å²) in [5, 5.41) is 2.12. The van der Waals surface area contributed by atoms with Crippen molar-refractivity contribution < 1.29 is 22.4 Å². The number of oxazole rings is 1. The molecule has 1 aliphatic carbocycles. The maximum absolute atomic E-state index is 13.4. The third-order valence-electron chi connectivity index (χ3n) is 5.48. The van der Waals surface area contributed by atoms with E-state index in [2.05, 4.69) is 20.3 Å². The summed E-state index contributed by atoms with van der Waals surface area (Å²) in [6.07, 6.45) is 0.779. The molecule has 0 aliphatic heterocycles. The summed E-state index contributed by atoms with van der Waals surface area (Å²) in [6, 6.07) is 7.28. The fourth-order valence-electron chi connectivity index (χ4n) is 3.71. The van der Waals surface area contributed by atoms with E-state index in [4.69, 9.17) is 4.42 Å². The number of halogens is 3. The number of fused-ring (bicyclic) bond motifs is 1. The second-order valence-electron chi connectivity index (χ2n) is 7.82. The molecule has 3 aromatic heterocycles. The molecule has 0 saturated heterocycles. The molecule has 3 heterocycles. The van der Waals surface area contributed by atoms with Crippen LogP contribution in [0.5, 0.6) is 0 Å². The summed E-state index contributed by atoms with van der Waals surface area (Å²) in [6.45, 7) is 1.81. The van der Waals surface area contributed by atoms with Gasteiger partial charge in [-0.15, -0.1) is 0 Å². The molecule has 1 N–H and O–H groups in total. The van der Waals surface area contributed by atoms with Gasteiger partial charge in [0.15, 0.2) is 11.3 Å². The topological polar surface area (TPSA) is 85.3 Å². The molecule has 7 nitrogen and oxygen atoms in total. The van der Waals surface area contributed by atoms with Crippen LogP contribution in [-0.4, -0.2) is 37.5 Å². The van der Waals surface area contributed by atoms with Gasteiger partial charge in [0, 0.05) is 16.8 Å². The Morgan fingerprint density at radius 2 is 2.00 bits per heavy atom. The molecule has 5 rings (SSSR count). The van der Waals surface area contributed by atoms with Gasteiger partial charge in [-0.25, -0.2) is 15.0 Å². The number of alkyl halides is 3. The number of carbonyl (C=O) groups is 1. The third kappa shape index (κ3) is 3.72. The molecule has 1 unspecified atom stereocenters. The lowest BCUT2D eigenvalue weighted by molar-refractivity contribution is -0.158. The van der Waals surface area contributed by atoms with Gasteiger partial charge in [-0.3, -0.25) is 9.20 Å². The highest BCUT2D eigenvalue weighted by molar-refractivity contribution is 5.98. The Bertz CT molecular complexity index is 1290. The van der Waals surface area contributed by atoms with E-state index >= 15 is 0 Å². The molecule has 0 radical (unpaired) electrons. The van der Waals surface area contributed by atoms with E-state index in [0.29, 0.717) is 24.4 Å². The van der Waals surface area contributed by atoms with Crippen LogP contribution in [0.2, 0.25) is 0 Å². The largest absolute Gasteiger partial charge is 0.445 e. The lowest BCUT2D eigenvalue weighted by atomic mass is 10.1. The molecule has 1 aromatic carbocycles. The van der Waals surface area contributed by atoms with Gasteiger partial charge in [0.1, 0.15) is 18.6 Å². The number of hydrogen-bond acceptors (Lipinski definition) is 5. The predicted octanol–water partition coefficient (Wildman–Crippen LogP) is 4.43.